The molecule has 1 amide bonds. The van der Waals surface area contributed by atoms with Gasteiger partial charge in [0.25, 0.3) is 0 Å². The van der Waals surface area contributed by atoms with Gasteiger partial charge in [-0.25, -0.2) is 9.97 Å². The molecule has 0 radical (unpaired) electrons. The highest BCUT2D eigenvalue weighted by atomic mass is 32.2. The maximum Gasteiger partial charge on any atom is 0.230 e. The van der Waals surface area contributed by atoms with E-state index in [2.05, 4.69) is 40.1 Å². The van der Waals surface area contributed by atoms with Crippen LogP contribution in [-0.2, 0) is 21.8 Å². The summed E-state index contributed by atoms with van der Waals surface area (Å²) in [6.45, 7) is 6.35. The van der Waals surface area contributed by atoms with E-state index in [1.165, 1.54) is 4.70 Å². The molecule has 2 aromatic heterocycles. The van der Waals surface area contributed by atoms with Crippen LogP contribution in [0.2, 0.25) is 0 Å². The number of morpholine rings is 1. The molecule has 1 aliphatic heterocycles. The number of nitrogens with zero attached hydrogens (tertiary/aromatic N) is 3. The second kappa shape index (κ2) is 9.76. The number of thioether (sulfide) groups is 1. The fourth-order valence-corrected chi connectivity index (χ4v) is 5.41. The first-order valence-electron chi connectivity index (χ1n) is 10.1. The van der Waals surface area contributed by atoms with Crippen molar-refractivity contribution in [3.63, 3.8) is 0 Å². The molecule has 1 saturated heterocycles. The Labute approximate surface area is 185 Å². The highest BCUT2D eigenvalue weighted by Crippen LogP contribution is 2.24. The first-order chi connectivity index (χ1) is 14.6. The SMILES string of the molecule is CC1CN(c2ccc(CNC(=O)CSCc3nc4ccccc4s3)cn2)CC(C)O1. The van der Waals surface area contributed by atoms with Gasteiger partial charge >= 0.3 is 0 Å². The Bertz CT molecular complexity index is 949. The van der Waals surface area contributed by atoms with Gasteiger partial charge in [0.15, 0.2) is 0 Å². The normalized spacial score (nSPS) is 19.2. The van der Waals surface area contributed by atoms with E-state index in [9.17, 15) is 4.79 Å². The quantitative estimate of drug-likeness (QED) is 0.599. The second-order valence-corrected chi connectivity index (χ2v) is 9.63. The van der Waals surface area contributed by atoms with E-state index in [1.807, 2.05) is 36.5 Å². The number of aromatic nitrogens is 2. The zero-order valence-corrected chi connectivity index (χ0v) is 18.8. The Morgan fingerprint density at radius 1 is 1.23 bits per heavy atom. The summed E-state index contributed by atoms with van der Waals surface area (Å²) >= 11 is 3.28. The van der Waals surface area contributed by atoms with Crippen molar-refractivity contribution >= 4 is 45.0 Å². The van der Waals surface area contributed by atoms with Crippen molar-refractivity contribution in [2.45, 2.75) is 38.4 Å². The highest BCUT2D eigenvalue weighted by Gasteiger charge is 2.22. The first-order valence-corrected chi connectivity index (χ1v) is 12.1. The van der Waals surface area contributed by atoms with E-state index >= 15 is 0 Å². The molecule has 0 spiro atoms. The minimum atomic E-state index is 0.0287. The van der Waals surface area contributed by atoms with Crippen LogP contribution in [0.1, 0.15) is 24.4 Å². The summed E-state index contributed by atoms with van der Waals surface area (Å²) in [7, 11) is 0. The van der Waals surface area contributed by atoms with Crippen LogP contribution in [0.3, 0.4) is 0 Å². The summed E-state index contributed by atoms with van der Waals surface area (Å²) in [5.74, 6) is 2.16. The second-order valence-electron chi connectivity index (χ2n) is 7.53. The Balaban J connectivity index is 1.21. The van der Waals surface area contributed by atoms with Crippen molar-refractivity contribution in [3.05, 3.63) is 53.2 Å². The molecular weight excluding hydrogens is 416 g/mol. The van der Waals surface area contributed by atoms with Gasteiger partial charge in [-0.1, -0.05) is 18.2 Å². The van der Waals surface area contributed by atoms with Crippen molar-refractivity contribution < 1.29 is 9.53 Å². The summed E-state index contributed by atoms with van der Waals surface area (Å²) in [6, 6.07) is 12.2. The van der Waals surface area contributed by atoms with Crippen LogP contribution in [0.25, 0.3) is 10.2 Å². The predicted octanol–water partition coefficient (Wildman–Crippen LogP) is 3.85. The molecule has 0 aliphatic carbocycles. The number of carbonyl (C=O) groups is 1. The van der Waals surface area contributed by atoms with Crippen LogP contribution < -0.4 is 10.2 Å². The number of hydrogen-bond donors (Lipinski definition) is 1. The van der Waals surface area contributed by atoms with Crippen LogP contribution in [0, 0.1) is 0 Å². The highest BCUT2D eigenvalue weighted by molar-refractivity contribution is 7.99. The number of carbonyl (C=O) groups excluding carboxylic acids is 1. The third-order valence-corrected chi connectivity index (χ3v) is 7.00. The number of amides is 1. The molecule has 1 fully saturated rings. The summed E-state index contributed by atoms with van der Waals surface area (Å²) in [5, 5.41) is 4.03. The minimum Gasteiger partial charge on any atom is -0.372 e. The lowest BCUT2D eigenvalue weighted by molar-refractivity contribution is -0.118. The maximum absolute atomic E-state index is 12.2. The van der Waals surface area contributed by atoms with Crippen molar-refractivity contribution in [1.82, 2.24) is 15.3 Å². The lowest BCUT2D eigenvalue weighted by Gasteiger charge is -2.36. The average Bonchev–Trinajstić information content (AvgIpc) is 3.15. The number of nitrogens with one attached hydrogen (secondary N) is 1. The number of anilines is 1. The Kier molecular flexibility index (Phi) is 6.86. The monoisotopic (exact) mass is 442 g/mol. The van der Waals surface area contributed by atoms with E-state index in [1.54, 1.807) is 23.1 Å². The molecule has 2 atom stereocenters. The van der Waals surface area contributed by atoms with E-state index in [-0.39, 0.29) is 18.1 Å². The lowest BCUT2D eigenvalue weighted by Crippen LogP contribution is -2.45. The van der Waals surface area contributed by atoms with Gasteiger partial charge < -0.3 is 15.0 Å². The van der Waals surface area contributed by atoms with Gasteiger partial charge in [0.1, 0.15) is 10.8 Å². The van der Waals surface area contributed by atoms with Crippen LogP contribution in [-0.4, -0.2) is 46.9 Å². The largest absolute Gasteiger partial charge is 0.372 e. The molecule has 3 heterocycles. The van der Waals surface area contributed by atoms with Crippen molar-refractivity contribution in [2.75, 3.05) is 23.7 Å². The number of pyridine rings is 1. The fourth-order valence-electron chi connectivity index (χ4n) is 3.54. The number of thiazole rings is 1. The molecule has 6 nitrogen and oxygen atoms in total. The van der Waals surface area contributed by atoms with Crippen molar-refractivity contribution in [1.29, 1.82) is 0 Å². The Hall–Kier alpha value is -2.16. The number of para-hydroxylation sites is 1. The molecular formula is C22H26N4O2S2. The van der Waals surface area contributed by atoms with Crippen molar-refractivity contribution in [3.8, 4) is 0 Å². The van der Waals surface area contributed by atoms with Crippen LogP contribution in [0.15, 0.2) is 42.6 Å². The predicted molar refractivity (Wildman–Crippen MR) is 124 cm³/mol. The topological polar surface area (TPSA) is 67.4 Å². The molecule has 1 aliphatic rings. The number of benzene rings is 1. The summed E-state index contributed by atoms with van der Waals surface area (Å²) < 4.78 is 6.97. The third kappa shape index (κ3) is 5.50. The van der Waals surface area contributed by atoms with Gasteiger partial charge in [-0.2, -0.15) is 0 Å². The van der Waals surface area contributed by atoms with Gasteiger partial charge in [-0.05, 0) is 37.6 Å². The van der Waals surface area contributed by atoms with Gasteiger partial charge in [-0.15, -0.1) is 23.1 Å². The standard InChI is InChI=1S/C22H26N4O2S2/c1-15-11-26(12-16(2)28-15)20-8-7-17(9-23-20)10-24-21(27)13-29-14-22-25-18-5-3-4-6-19(18)30-22/h3-9,15-16H,10-14H2,1-2H3,(H,24,27). The number of ether oxygens (including phenoxy) is 1. The molecule has 1 N–H and O–H groups in total. The van der Waals surface area contributed by atoms with Crippen LogP contribution in [0.5, 0.6) is 0 Å². The molecule has 1 aromatic carbocycles. The van der Waals surface area contributed by atoms with E-state index in [4.69, 9.17) is 4.74 Å². The van der Waals surface area contributed by atoms with Gasteiger partial charge in [0, 0.05) is 31.6 Å². The summed E-state index contributed by atoms with van der Waals surface area (Å²) in [6.07, 6.45) is 2.25. The van der Waals surface area contributed by atoms with Crippen molar-refractivity contribution in [2.24, 2.45) is 0 Å². The number of fused-ring (bicyclic) bond motifs is 1. The molecule has 2 unspecified atom stereocenters. The molecule has 8 heteroatoms. The van der Waals surface area contributed by atoms with Gasteiger partial charge in [-0.3, -0.25) is 4.79 Å². The fraction of sp³-hybridized carbons (Fsp3) is 0.409. The first kappa shape index (κ1) is 21.1. The zero-order chi connectivity index (χ0) is 20.9. The van der Waals surface area contributed by atoms with Gasteiger partial charge in [0.05, 0.1) is 28.2 Å². The zero-order valence-electron chi connectivity index (χ0n) is 17.2. The van der Waals surface area contributed by atoms with Crippen LogP contribution in [0.4, 0.5) is 5.82 Å². The Morgan fingerprint density at radius 2 is 2.03 bits per heavy atom. The molecule has 158 valence electrons. The molecule has 3 aromatic rings. The summed E-state index contributed by atoms with van der Waals surface area (Å²) in [5.41, 5.74) is 2.03. The molecule has 0 bridgehead atoms. The lowest BCUT2D eigenvalue weighted by atomic mass is 10.2. The Morgan fingerprint density at radius 3 is 2.77 bits per heavy atom. The summed E-state index contributed by atoms with van der Waals surface area (Å²) in [4.78, 5) is 23.6. The van der Waals surface area contributed by atoms with E-state index in [0.717, 1.165) is 40.7 Å². The number of rotatable bonds is 7. The maximum atomic E-state index is 12.2. The third-order valence-electron chi connectivity index (χ3n) is 4.84. The smallest absolute Gasteiger partial charge is 0.230 e. The van der Waals surface area contributed by atoms with Crippen LogP contribution >= 0.6 is 23.1 Å². The minimum absolute atomic E-state index is 0.0287. The molecule has 4 rings (SSSR count). The molecule has 30 heavy (non-hydrogen) atoms. The van der Waals surface area contributed by atoms with E-state index < -0.39 is 0 Å². The van der Waals surface area contributed by atoms with E-state index in [0.29, 0.717) is 12.3 Å². The average molecular weight is 443 g/mol. The van der Waals surface area contributed by atoms with Gasteiger partial charge in [0.2, 0.25) is 5.91 Å². The number of hydrogen-bond acceptors (Lipinski definition) is 7. The molecule has 0 saturated carbocycles.